The molecular weight excluding hydrogens is 455 g/mol. The lowest BCUT2D eigenvalue weighted by Crippen LogP contribution is -2.22. The minimum atomic E-state index is -0.368. The third kappa shape index (κ3) is 6.40. The molecule has 160 valence electrons. The fourth-order valence-electron chi connectivity index (χ4n) is 2.67. The third-order valence-electron chi connectivity index (χ3n) is 4.31. The highest BCUT2D eigenvalue weighted by atomic mass is 35.5. The minimum Gasteiger partial charge on any atom is -0.497 e. The van der Waals surface area contributed by atoms with Crippen LogP contribution in [0.1, 0.15) is 17.3 Å². The van der Waals surface area contributed by atoms with Crippen LogP contribution in [-0.4, -0.2) is 24.2 Å². The van der Waals surface area contributed by atoms with Crippen LogP contribution >= 0.6 is 35.0 Å². The van der Waals surface area contributed by atoms with Gasteiger partial charge in [0.1, 0.15) is 5.75 Å². The average Bonchev–Trinajstić information content (AvgIpc) is 2.77. The quantitative estimate of drug-likeness (QED) is 0.390. The molecule has 0 aliphatic heterocycles. The van der Waals surface area contributed by atoms with Gasteiger partial charge in [0.05, 0.1) is 23.1 Å². The van der Waals surface area contributed by atoms with Gasteiger partial charge in [0.15, 0.2) is 0 Å². The lowest BCUT2D eigenvalue weighted by Gasteiger charge is -2.13. The molecule has 0 fully saturated rings. The van der Waals surface area contributed by atoms with Gasteiger partial charge in [-0.2, -0.15) is 0 Å². The van der Waals surface area contributed by atoms with Gasteiger partial charge in [0.25, 0.3) is 5.91 Å². The molecular formula is C23H20Cl2N2O3S. The van der Waals surface area contributed by atoms with Gasteiger partial charge in [0, 0.05) is 21.2 Å². The molecule has 5 nitrogen and oxygen atoms in total. The number of carbonyl (C=O) groups is 2. The zero-order chi connectivity index (χ0) is 22.4. The van der Waals surface area contributed by atoms with Crippen LogP contribution in [0.4, 0.5) is 11.4 Å². The monoisotopic (exact) mass is 474 g/mol. The summed E-state index contributed by atoms with van der Waals surface area (Å²) in [5.74, 6) is 0.195. The molecule has 0 aromatic heterocycles. The van der Waals surface area contributed by atoms with Crippen LogP contribution in [0.5, 0.6) is 5.75 Å². The summed E-state index contributed by atoms with van der Waals surface area (Å²) >= 11 is 13.5. The average molecular weight is 475 g/mol. The van der Waals surface area contributed by atoms with E-state index in [0.29, 0.717) is 32.7 Å². The molecule has 0 saturated carbocycles. The number of anilines is 2. The van der Waals surface area contributed by atoms with Crippen LogP contribution in [0.2, 0.25) is 10.0 Å². The Morgan fingerprint density at radius 3 is 2.42 bits per heavy atom. The van der Waals surface area contributed by atoms with Crippen molar-refractivity contribution in [2.75, 3.05) is 17.7 Å². The molecule has 0 spiro atoms. The number of benzene rings is 3. The van der Waals surface area contributed by atoms with E-state index in [1.807, 2.05) is 12.1 Å². The summed E-state index contributed by atoms with van der Waals surface area (Å²) in [4.78, 5) is 25.8. The van der Waals surface area contributed by atoms with E-state index in [9.17, 15) is 9.59 Å². The molecule has 0 aliphatic carbocycles. The number of nitrogens with one attached hydrogen (secondary N) is 2. The first-order chi connectivity index (χ1) is 14.9. The van der Waals surface area contributed by atoms with E-state index < -0.39 is 0 Å². The molecule has 1 unspecified atom stereocenters. The second kappa shape index (κ2) is 10.6. The van der Waals surface area contributed by atoms with Gasteiger partial charge in [-0.15, -0.1) is 11.8 Å². The highest BCUT2D eigenvalue weighted by molar-refractivity contribution is 8.00. The molecule has 2 N–H and O–H groups in total. The van der Waals surface area contributed by atoms with Gasteiger partial charge < -0.3 is 15.4 Å². The molecule has 2 amide bonds. The van der Waals surface area contributed by atoms with Crippen LogP contribution in [0.3, 0.4) is 0 Å². The van der Waals surface area contributed by atoms with E-state index in [2.05, 4.69) is 10.6 Å². The first-order valence-electron chi connectivity index (χ1n) is 9.34. The largest absolute Gasteiger partial charge is 0.497 e. The van der Waals surface area contributed by atoms with Gasteiger partial charge in [-0.3, -0.25) is 9.59 Å². The summed E-state index contributed by atoms with van der Waals surface area (Å²) in [6.45, 7) is 1.80. The van der Waals surface area contributed by atoms with Crippen molar-refractivity contribution in [2.45, 2.75) is 17.1 Å². The Hall–Kier alpha value is -2.67. The van der Waals surface area contributed by atoms with Crippen molar-refractivity contribution in [3.8, 4) is 5.75 Å². The smallest absolute Gasteiger partial charge is 0.255 e. The predicted octanol–water partition coefficient (Wildman–Crippen LogP) is 6.37. The van der Waals surface area contributed by atoms with Crippen LogP contribution in [0.25, 0.3) is 0 Å². The molecule has 0 bridgehead atoms. The Morgan fingerprint density at radius 1 is 0.968 bits per heavy atom. The fraction of sp³-hybridized carbons (Fsp3) is 0.130. The van der Waals surface area contributed by atoms with E-state index in [0.717, 1.165) is 4.90 Å². The third-order valence-corrected chi connectivity index (χ3v) is 5.99. The molecule has 0 radical (unpaired) electrons. The molecule has 3 aromatic rings. The molecule has 0 aliphatic rings. The van der Waals surface area contributed by atoms with Crippen molar-refractivity contribution in [1.82, 2.24) is 0 Å². The zero-order valence-electron chi connectivity index (χ0n) is 16.8. The Bertz CT molecular complexity index is 1090. The van der Waals surface area contributed by atoms with Crippen molar-refractivity contribution in [3.63, 3.8) is 0 Å². The highest BCUT2D eigenvalue weighted by Crippen LogP contribution is 2.29. The number of rotatable bonds is 7. The Balaban J connectivity index is 1.58. The Labute approximate surface area is 195 Å². The first-order valence-corrected chi connectivity index (χ1v) is 11.0. The molecule has 3 aromatic carbocycles. The molecule has 31 heavy (non-hydrogen) atoms. The molecule has 0 saturated heterocycles. The lowest BCUT2D eigenvalue weighted by atomic mass is 10.2. The zero-order valence-corrected chi connectivity index (χ0v) is 19.1. The number of halogens is 2. The summed E-state index contributed by atoms with van der Waals surface area (Å²) < 4.78 is 5.15. The first kappa shape index (κ1) is 23.0. The number of methoxy groups -OCH3 is 1. The van der Waals surface area contributed by atoms with Crippen LogP contribution in [0.15, 0.2) is 71.6 Å². The number of ether oxygens (including phenoxy) is 1. The van der Waals surface area contributed by atoms with Gasteiger partial charge in [-0.05, 0) is 67.6 Å². The summed E-state index contributed by atoms with van der Waals surface area (Å²) in [6.07, 6.45) is 0. The van der Waals surface area contributed by atoms with E-state index >= 15 is 0 Å². The van der Waals surface area contributed by atoms with Gasteiger partial charge in [-0.25, -0.2) is 0 Å². The van der Waals surface area contributed by atoms with Crippen molar-refractivity contribution in [3.05, 3.63) is 82.3 Å². The van der Waals surface area contributed by atoms with E-state index in [1.54, 1.807) is 68.6 Å². The SMILES string of the molecule is COc1cccc(C(=O)Nc2ccc(SC(C)C(=O)Nc3cc(Cl)ccc3Cl)cc2)c1. The molecule has 0 heterocycles. The lowest BCUT2D eigenvalue weighted by molar-refractivity contribution is -0.115. The van der Waals surface area contributed by atoms with Crippen molar-refractivity contribution >= 4 is 58.2 Å². The maximum absolute atomic E-state index is 12.5. The van der Waals surface area contributed by atoms with Crippen LogP contribution in [0, 0.1) is 0 Å². The molecule has 8 heteroatoms. The number of thioether (sulfide) groups is 1. The highest BCUT2D eigenvalue weighted by Gasteiger charge is 2.16. The Kier molecular flexibility index (Phi) is 7.85. The summed E-state index contributed by atoms with van der Waals surface area (Å²) in [5, 5.41) is 6.19. The van der Waals surface area contributed by atoms with Crippen molar-refractivity contribution in [2.24, 2.45) is 0 Å². The minimum absolute atomic E-state index is 0.190. The predicted molar refractivity (Wildman–Crippen MR) is 128 cm³/mol. The van der Waals surface area contributed by atoms with Gasteiger partial charge in [0.2, 0.25) is 5.91 Å². The maximum atomic E-state index is 12.5. The number of amides is 2. The summed E-state index contributed by atoms with van der Waals surface area (Å²) in [5.41, 5.74) is 1.63. The number of carbonyl (C=O) groups excluding carboxylic acids is 2. The van der Waals surface area contributed by atoms with Crippen molar-refractivity contribution < 1.29 is 14.3 Å². The molecule has 3 rings (SSSR count). The molecule has 1 atom stereocenters. The Morgan fingerprint density at radius 2 is 1.71 bits per heavy atom. The number of hydrogen-bond donors (Lipinski definition) is 2. The van der Waals surface area contributed by atoms with E-state index in [1.165, 1.54) is 11.8 Å². The van der Waals surface area contributed by atoms with E-state index in [4.69, 9.17) is 27.9 Å². The fourth-order valence-corrected chi connectivity index (χ4v) is 3.87. The van der Waals surface area contributed by atoms with Gasteiger partial charge >= 0.3 is 0 Å². The van der Waals surface area contributed by atoms with Crippen LogP contribution < -0.4 is 15.4 Å². The summed E-state index contributed by atoms with van der Waals surface area (Å²) in [6, 6.07) is 19.1. The second-order valence-electron chi connectivity index (χ2n) is 6.58. The standard InChI is InChI=1S/C23H20Cl2N2O3S/c1-14(22(28)27-21-13-16(24)6-11-20(21)25)31-19-9-7-17(8-10-19)26-23(29)15-4-3-5-18(12-15)30-2/h3-14H,1-2H3,(H,26,29)(H,27,28). The van der Waals surface area contributed by atoms with E-state index in [-0.39, 0.29) is 17.1 Å². The van der Waals surface area contributed by atoms with Gasteiger partial charge in [-0.1, -0.05) is 29.3 Å². The van der Waals surface area contributed by atoms with Crippen LogP contribution in [-0.2, 0) is 4.79 Å². The van der Waals surface area contributed by atoms with Crippen molar-refractivity contribution in [1.29, 1.82) is 0 Å². The number of hydrogen-bond acceptors (Lipinski definition) is 4. The summed E-state index contributed by atoms with van der Waals surface area (Å²) in [7, 11) is 1.55. The maximum Gasteiger partial charge on any atom is 0.255 e. The second-order valence-corrected chi connectivity index (χ2v) is 8.84. The topological polar surface area (TPSA) is 67.4 Å². The normalized spacial score (nSPS) is 11.5.